The van der Waals surface area contributed by atoms with Crippen LogP contribution in [0.5, 0.6) is 5.75 Å². The largest absolute Gasteiger partial charge is 0.484 e. The first kappa shape index (κ1) is 22.5. The number of amides is 2. The average molecular weight is 397 g/mol. The highest BCUT2D eigenvalue weighted by Gasteiger charge is 2.27. The van der Waals surface area contributed by atoms with Crippen LogP contribution in [-0.4, -0.2) is 35.4 Å². The summed E-state index contributed by atoms with van der Waals surface area (Å²) in [5.74, 6) is 0.280. The molecule has 0 radical (unpaired) electrons. The van der Waals surface area contributed by atoms with Crippen molar-refractivity contribution in [1.29, 1.82) is 0 Å². The topological polar surface area (TPSA) is 58.6 Å². The molecule has 0 aliphatic carbocycles. The number of aryl methyl sites for hydroxylation is 2. The molecule has 2 rings (SSSR count). The molecule has 0 saturated carbocycles. The maximum atomic E-state index is 13.0. The summed E-state index contributed by atoms with van der Waals surface area (Å²) in [6.07, 6.45) is 0.834. The molecule has 0 saturated heterocycles. The van der Waals surface area contributed by atoms with E-state index in [2.05, 4.69) is 11.4 Å². The Labute approximate surface area is 174 Å². The maximum Gasteiger partial charge on any atom is 0.261 e. The number of hydrogen-bond acceptors (Lipinski definition) is 3. The molecule has 0 unspecified atom stereocenters. The molecule has 0 heterocycles. The molecule has 2 aromatic rings. The third kappa shape index (κ3) is 6.93. The summed E-state index contributed by atoms with van der Waals surface area (Å²) in [4.78, 5) is 27.3. The Bertz CT molecular complexity index is 800. The first-order valence-electron chi connectivity index (χ1n) is 10.1. The van der Waals surface area contributed by atoms with Crippen molar-refractivity contribution in [2.45, 2.75) is 59.7 Å². The number of benzene rings is 2. The first-order chi connectivity index (χ1) is 13.8. The van der Waals surface area contributed by atoms with E-state index >= 15 is 0 Å². The van der Waals surface area contributed by atoms with Gasteiger partial charge in [0.15, 0.2) is 6.61 Å². The molecule has 0 spiro atoms. The Balaban J connectivity index is 2.14. The molecular weight excluding hydrogens is 364 g/mol. The molecule has 5 heteroatoms. The average Bonchev–Trinajstić information content (AvgIpc) is 2.69. The lowest BCUT2D eigenvalue weighted by molar-refractivity contribution is -0.142. The van der Waals surface area contributed by atoms with Crippen LogP contribution in [0.3, 0.4) is 0 Å². The van der Waals surface area contributed by atoms with Crippen molar-refractivity contribution in [3.05, 3.63) is 65.2 Å². The van der Waals surface area contributed by atoms with Gasteiger partial charge >= 0.3 is 0 Å². The molecule has 2 atom stereocenters. The predicted molar refractivity (Wildman–Crippen MR) is 116 cm³/mol. The fraction of sp³-hybridized carbons (Fsp3) is 0.417. The van der Waals surface area contributed by atoms with E-state index < -0.39 is 6.04 Å². The van der Waals surface area contributed by atoms with Gasteiger partial charge in [-0.2, -0.15) is 0 Å². The van der Waals surface area contributed by atoms with Crippen LogP contribution in [0.2, 0.25) is 0 Å². The van der Waals surface area contributed by atoms with Crippen LogP contribution < -0.4 is 10.1 Å². The van der Waals surface area contributed by atoms with Crippen LogP contribution in [0, 0.1) is 13.8 Å². The number of rotatable bonds is 9. The Kier molecular flexibility index (Phi) is 8.25. The Morgan fingerprint density at radius 1 is 1.03 bits per heavy atom. The molecule has 2 amide bonds. The van der Waals surface area contributed by atoms with Crippen molar-refractivity contribution in [2.24, 2.45) is 0 Å². The van der Waals surface area contributed by atoms with Crippen molar-refractivity contribution < 1.29 is 14.3 Å². The van der Waals surface area contributed by atoms with Gasteiger partial charge in [-0.3, -0.25) is 9.59 Å². The van der Waals surface area contributed by atoms with Crippen molar-refractivity contribution >= 4 is 11.8 Å². The van der Waals surface area contributed by atoms with Gasteiger partial charge in [-0.25, -0.2) is 0 Å². The van der Waals surface area contributed by atoms with E-state index in [1.54, 1.807) is 11.8 Å². The number of ether oxygens (including phenoxy) is 1. The second kappa shape index (κ2) is 10.6. The fourth-order valence-corrected chi connectivity index (χ4v) is 3.07. The quantitative estimate of drug-likeness (QED) is 0.697. The van der Waals surface area contributed by atoms with Crippen LogP contribution in [0.4, 0.5) is 0 Å². The monoisotopic (exact) mass is 396 g/mol. The second-order valence-corrected chi connectivity index (χ2v) is 7.61. The summed E-state index contributed by atoms with van der Waals surface area (Å²) >= 11 is 0. The van der Waals surface area contributed by atoms with Crippen LogP contribution in [0.1, 0.15) is 43.9 Å². The van der Waals surface area contributed by atoms with Gasteiger partial charge in [0.25, 0.3) is 5.91 Å². The Hall–Kier alpha value is -2.82. The normalized spacial score (nSPS) is 12.7. The van der Waals surface area contributed by atoms with Gasteiger partial charge in [-0.1, -0.05) is 43.3 Å². The zero-order valence-electron chi connectivity index (χ0n) is 18.1. The lowest BCUT2D eigenvalue weighted by Gasteiger charge is -2.29. The smallest absolute Gasteiger partial charge is 0.261 e. The van der Waals surface area contributed by atoms with Gasteiger partial charge in [0.05, 0.1) is 0 Å². The van der Waals surface area contributed by atoms with E-state index in [9.17, 15) is 9.59 Å². The van der Waals surface area contributed by atoms with E-state index in [0.29, 0.717) is 12.3 Å². The van der Waals surface area contributed by atoms with Crippen molar-refractivity contribution in [3.63, 3.8) is 0 Å². The zero-order valence-corrected chi connectivity index (χ0v) is 18.1. The van der Waals surface area contributed by atoms with Gasteiger partial charge in [0.1, 0.15) is 11.8 Å². The van der Waals surface area contributed by atoms with Gasteiger partial charge < -0.3 is 15.0 Å². The Morgan fingerprint density at radius 3 is 2.24 bits per heavy atom. The summed E-state index contributed by atoms with van der Waals surface area (Å²) in [6.45, 7) is 9.95. The molecule has 0 aromatic heterocycles. The van der Waals surface area contributed by atoms with E-state index in [-0.39, 0.29) is 24.5 Å². The Morgan fingerprint density at radius 2 is 1.66 bits per heavy atom. The van der Waals surface area contributed by atoms with Crippen LogP contribution in [-0.2, 0) is 16.1 Å². The number of nitrogens with zero attached hydrogens (tertiary/aromatic N) is 1. The van der Waals surface area contributed by atoms with E-state index in [1.807, 2.05) is 70.2 Å². The third-order valence-corrected chi connectivity index (χ3v) is 4.92. The summed E-state index contributed by atoms with van der Waals surface area (Å²) in [7, 11) is 0. The standard InChI is InChI=1S/C24H32N2O3/c1-6-19(4)25-24(28)20(5)26(15-21-10-8-7-9-11-21)23(27)16-29-22-13-17(2)12-18(3)14-22/h7-14,19-20H,6,15-16H2,1-5H3,(H,25,28)/t19-,20-/m1/s1. The minimum Gasteiger partial charge on any atom is -0.484 e. The number of hydrogen-bond donors (Lipinski definition) is 1. The predicted octanol–water partition coefficient (Wildman–Crippen LogP) is 4.01. The van der Waals surface area contributed by atoms with Gasteiger partial charge in [-0.15, -0.1) is 0 Å². The molecule has 0 aliphatic heterocycles. The third-order valence-electron chi connectivity index (χ3n) is 4.92. The number of carbonyl (C=O) groups excluding carboxylic acids is 2. The van der Waals surface area contributed by atoms with Gasteiger partial charge in [-0.05, 0) is 62.9 Å². The molecule has 0 fully saturated rings. The van der Waals surface area contributed by atoms with Crippen molar-refractivity contribution in [3.8, 4) is 5.75 Å². The fourth-order valence-electron chi connectivity index (χ4n) is 3.07. The molecule has 0 aliphatic rings. The van der Waals surface area contributed by atoms with E-state index in [1.165, 1.54) is 0 Å². The lowest BCUT2D eigenvalue weighted by Crippen LogP contribution is -2.50. The van der Waals surface area contributed by atoms with Crippen LogP contribution in [0.15, 0.2) is 48.5 Å². The zero-order chi connectivity index (χ0) is 21.4. The minimum absolute atomic E-state index is 0.0603. The van der Waals surface area contributed by atoms with Gasteiger partial charge in [0, 0.05) is 12.6 Å². The SMILES string of the molecule is CC[C@@H](C)NC(=O)[C@@H](C)N(Cc1ccccc1)C(=O)COc1cc(C)cc(C)c1. The lowest BCUT2D eigenvalue weighted by atomic mass is 10.1. The minimum atomic E-state index is -0.598. The molecule has 29 heavy (non-hydrogen) atoms. The highest BCUT2D eigenvalue weighted by molar-refractivity contribution is 5.88. The summed E-state index contributed by atoms with van der Waals surface area (Å²) in [5, 5.41) is 2.97. The summed E-state index contributed by atoms with van der Waals surface area (Å²) in [5.41, 5.74) is 3.13. The summed E-state index contributed by atoms with van der Waals surface area (Å²) in [6, 6.07) is 15.0. The number of nitrogens with one attached hydrogen (secondary N) is 1. The molecule has 5 nitrogen and oxygen atoms in total. The molecule has 0 bridgehead atoms. The highest BCUT2D eigenvalue weighted by atomic mass is 16.5. The molecule has 1 N–H and O–H groups in total. The second-order valence-electron chi connectivity index (χ2n) is 7.61. The van der Waals surface area contributed by atoms with E-state index in [4.69, 9.17) is 4.74 Å². The molecular formula is C24H32N2O3. The van der Waals surface area contributed by atoms with Gasteiger partial charge in [0.2, 0.25) is 5.91 Å². The maximum absolute atomic E-state index is 13.0. The number of carbonyl (C=O) groups is 2. The highest BCUT2D eigenvalue weighted by Crippen LogP contribution is 2.17. The van der Waals surface area contributed by atoms with Crippen LogP contribution >= 0.6 is 0 Å². The van der Waals surface area contributed by atoms with Crippen molar-refractivity contribution in [1.82, 2.24) is 10.2 Å². The van der Waals surface area contributed by atoms with E-state index in [0.717, 1.165) is 23.1 Å². The van der Waals surface area contributed by atoms with Crippen molar-refractivity contribution in [2.75, 3.05) is 6.61 Å². The first-order valence-corrected chi connectivity index (χ1v) is 10.1. The molecule has 156 valence electrons. The van der Waals surface area contributed by atoms with Crippen LogP contribution in [0.25, 0.3) is 0 Å². The summed E-state index contributed by atoms with van der Waals surface area (Å²) < 4.78 is 5.76. The molecule has 2 aromatic carbocycles.